The van der Waals surface area contributed by atoms with Crippen LogP contribution in [0.2, 0.25) is 0 Å². The molecular weight excluding hydrogens is 228 g/mol. The molecule has 0 aromatic heterocycles. The molecule has 1 aromatic rings. The maximum absolute atomic E-state index is 11.1. The van der Waals surface area contributed by atoms with Crippen LogP contribution in [0.5, 0.6) is 5.75 Å². The minimum absolute atomic E-state index is 0. The van der Waals surface area contributed by atoms with Crippen LogP contribution in [0.4, 0.5) is 0 Å². The van der Waals surface area contributed by atoms with E-state index >= 15 is 0 Å². The summed E-state index contributed by atoms with van der Waals surface area (Å²) < 4.78 is 0. The molecule has 0 aliphatic rings. The average Bonchev–Trinajstić information content (AvgIpc) is 1.88. The van der Waals surface area contributed by atoms with E-state index in [-0.39, 0.29) is 45.8 Å². The molecule has 1 nitrogen and oxygen atoms in total. The first-order valence-electron chi connectivity index (χ1n) is 3.47. The largest absolute Gasteiger partial charge is 2.00 e. The Labute approximate surface area is 100 Å². The number of rotatable bonds is 1. The predicted octanol–water partition coefficient (Wildman–Crippen LogP) is -1.49. The van der Waals surface area contributed by atoms with Crippen molar-refractivity contribution in [1.82, 2.24) is 0 Å². The van der Waals surface area contributed by atoms with Gasteiger partial charge in [0.2, 0.25) is 0 Å². The summed E-state index contributed by atoms with van der Waals surface area (Å²) in [5.41, 5.74) is 0.905. The Morgan fingerprint density at radius 1 is 1.17 bits per heavy atom. The minimum atomic E-state index is 0. The maximum atomic E-state index is 11.1. The summed E-state index contributed by atoms with van der Waals surface area (Å²) >= 11 is 0. The Bertz CT molecular complexity index is 226. The van der Waals surface area contributed by atoms with Crippen LogP contribution in [-0.2, 0) is 0 Å². The third-order valence-corrected chi connectivity index (χ3v) is 1.54. The van der Waals surface area contributed by atoms with Gasteiger partial charge in [0, 0.05) is 0 Å². The van der Waals surface area contributed by atoms with Crippen molar-refractivity contribution in [2.75, 3.05) is 0 Å². The molecule has 0 unspecified atom stereocenters. The van der Waals surface area contributed by atoms with Gasteiger partial charge in [-0.3, -0.25) is 0 Å². The van der Waals surface area contributed by atoms with E-state index in [0.717, 1.165) is 5.56 Å². The van der Waals surface area contributed by atoms with E-state index in [1.54, 1.807) is 12.1 Å². The second-order valence-corrected chi connectivity index (χ2v) is 2.69. The molecule has 0 heterocycles. The van der Waals surface area contributed by atoms with Crippen LogP contribution in [0.15, 0.2) is 24.3 Å². The summed E-state index contributed by atoms with van der Waals surface area (Å²) in [6, 6.07) is 7.16. The zero-order valence-electron chi connectivity index (χ0n) is 7.38. The Balaban J connectivity index is 0. The number of halogens is 1. The standard InChI is InChI=1S/C9H12O.BrH.Mg/c1-7(2)8-5-3-4-6-9(8)10;;/h3-7,10H,1-2H3;1H;/q;;+2/p-2. The molecule has 0 N–H and O–H groups in total. The molecule has 0 saturated carbocycles. The van der Waals surface area contributed by atoms with E-state index in [4.69, 9.17) is 0 Å². The number of benzene rings is 1. The molecular formula is C9H11BrMgO. The predicted molar refractivity (Wildman–Crippen MR) is 45.7 cm³/mol. The number of hydrogen-bond donors (Lipinski definition) is 0. The van der Waals surface area contributed by atoms with E-state index in [0.29, 0.717) is 5.92 Å². The third kappa shape index (κ3) is 3.78. The van der Waals surface area contributed by atoms with Crippen LogP contribution in [0.1, 0.15) is 25.3 Å². The van der Waals surface area contributed by atoms with Crippen LogP contribution >= 0.6 is 0 Å². The first-order valence-corrected chi connectivity index (χ1v) is 3.47. The number of hydrogen-bond acceptors (Lipinski definition) is 1. The van der Waals surface area contributed by atoms with Crippen LogP contribution in [0.3, 0.4) is 0 Å². The molecule has 0 fully saturated rings. The first-order chi connectivity index (χ1) is 4.72. The van der Waals surface area contributed by atoms with Crippen LogP contribution in [0, 0.1) is 0 Å². The summed E-state index contributed by atoms with van der Waals surface area (Å²) in [5.74, 6) is 0.492. The fraction of sp³-hybridized carbons (Fsp3) is 0.333. The molecule has 62 valence electrons. The van der Waals surface area contributed by atoms with Gasteiger partial charge in [-0.1, -0.05) is 43.7 Å². The molecule has 0 amide bonds. The number of para-hydroxylation sites is 1. The van der Waals surface area contributed by atoms with Crippen molar-refractivity contribution in [3.63, 3.8) is 0 Å². The van der Waals surface area contributed by atoms with Crippen LogP contribution in [-0.4, -0.2) is 23.1 Å². The monoisotopic (exact) mass is 238 g/mol. The van der Waals surface area contributed by atoms with E-state index in [2.05, 4.69) is 0 Å². The van der Waals surface area contributed by atoms with Gasteiger partial charge in [0.25, 0.3) is 0 Å². The normalized spacial score (nSPS) is 8.58. The van der Waals surface area contributed by atoms with Gasteiger partial charge in [0.15, 0.2) is 0 Å². The van der Waals surface area contributed by atoms with Crippen molar-refractivity contribution in [3.05, 3.63) is 29.8 Å². The smallest absolute Gasteiger partial charge is 1.00 e. The van der Waals surface area contributed by atoms with Crippen LogP contribution < -0.4 is 22.1 Å². The molecule has 1 aromatic carbocycles. The zero-order chi connectivity index (χ0) is 7.56. The fourth-order valence-electron chi connectivity index (χ4n) is 0.958. The molecule has 0 spiro atoms. The second kappa shape index (κ2) is 6.75. The summed E-state index contributed by atoms with van der Waals surface area (Å²) in [6.07, 6.45) is 0. The van der Waals surface area contributed by atoms with Gasteiger partial charge in [-0.05, 0) is 5.92 Å². The van der Waals surface area contributed by atoms with Crippen molar-refractivity contribution in [2.45, 2.75) is 19.8 Å². The molecule has 0 bridgehead atoms. The SMILES string of the molecule is CC(C)c1ccccc1[O-].[Br-].[Mg+2]. The Morgan fingerprint density at radius 2 is 1.67 bits per heavy atom. The van der Waals surface area contributed by atoms with Gasteiger partial charge >= 0.3 is 23.1 Å². The van der Waals surface area contributed by atoms with E-state index < -0.39 is 0 Å². The maximum Gasteiger partial charge on any atom is 2.00 e. The summed E-state index contributed by atoms with van der Waals surface area (Å²) in [6.45, 7) is 4.05. The van der Waals surface area contributed by atoms with Crippen molar-refractivity contribution >= 4 is 23.1 Å². The Hall–Kier alpha value is 0.266. The first kappa shape index (κ1) is 14.8. The average molecular weight is 239 g/mol. The molecule has 0 atom stereocenters. The molecule has 0 aliphatic carbocycles. The van der Waals surface area contributed by atoms with Crippen LogP contribution in [0.25, 0.3) is 0 Å². The van der Waals surface area contributed by atoms with Crippen molar-refractivity contribution < 1.29 is 22.1 Å². The third-order valence-electron chi connectivity index (χ3n) is 1.54. The Morgan fingerprint density at radius 3 is 2.00 bits per heavy atom. The molecule has 0 saturated heterocycles. The van der Waals surface area contributed by atoms with Crippen molar-refractivity contribution in [1.29, 1.82) is 0 Å². The van der Waals surface area contributed by atoms with Gasteiger partial charge in [-0.2, -0.15) is 0 Å². The van der Waals surface area contributed by atoms with Gasteiger partial charge in [-0.15, -0.1) is 5.75 Å². The quantitative estimate of drug-likeness (QED) is 0.548. The van der Waals surface area contributed by atoms with E-state index in [9.17, 15) is 5.11 Å². The van der Waals surface area contributed by atoms with Gasteiger partial charge in [0.05, 0.1) is 0 Å². The summed E-state index contributed by atoms with van der Waals surface area (Å²) in [7, 11) is 0. The molecule has 1 rings (SSSR count). The second-order valence-electron chi connectivity index (χ2n) is 2.69. The van der Waals surface area contributed by atoms with Gasteiger partial charge in [-0.25, -0.2) is 0 Å². The molecule has 3 heteroatoms. The minimum Gasteiger partial charge on any atom is -1.00 e. The molecule has 0 aliphatic heterocycles. The topological polar surface area (TPSA) is 23.1 Å². The molecule has 0 radical (unpaired) electrons. The van der Waals surface area contributed by atoms with Crippen molar-refractivity contribution in [2.24, 2.45) is 0 Å². The fourth-order valence-corrected chi connectivity index (χ4v) is 0.958. The van der Waals surface area contributed by atoms with E-state index in [1.165, 1.54) is 0 Å². The summed E-state index contributed by atoms with van der Waals surface area (Å²) in [5, 5.41) is 11.1. The van der Waals surface area contributed by atoms with Gasteiger partial charge < -0.3 is 22.1 Å². The Kier molecular flexibility index (Phi) is 8.31. The summed E-state index contributed by atoms with van der Waals surface area (Å²) in [4.78, 5) is 0. The van der Waals surface area contributed by atoms with E-state index in [1.807, 2.05) is 26.0 Å². The zero-order valence-corrected chi connectivity index (χ0v) is 10.4. The van der Waals surface area contributed by atoms with Crippen molar-refractivity contribution in [3.8, 4) is 5.75 Å². The van der Waals surface area contributed by atoms with Gasteiger partial charge in [0.1, 0.15) is 0 Å². The molecule has 12 heavy (non-hydrogen) atoms.